The van der Waals surface area contributed by atoms with E-state index in [4.69, 9.17) is 0 Å². The van der Waals surface area contributed by atoms with Crippen molar-refractivity contribution < 1.29 is 24.3 Å². The fourth-order valence-electron chi connectivity index (χ4n) is 3.95. The number of pyridine rings is 1. The minimum Gasteiger partial charge on any atom is -0.396 e. The Labute approximate surface area is 189 Å². The van der Waals surface area contributed by atoms with Crippen LogP contribution in [-0.4, -0.2) is 59.8 Å². The molecule has 0 saturated heterocycles. The Kier molecular flexibility index (Phi) is 6.41. The van der Waals surface area contributed by atoms with Crippen molar-refractivity contribution in [2.24, 2.45) is 0 Å². The molecule has 9 heteroatoms. The van der Waals surface area contributed by atoms with Gasteiger partial charge in [-0.1, -0.05) is 36.4 Å². The van der Waals surface area contributed by atoms with Crippen LogP contribution in [0.15, 0.2) is 60.8 Å². The summed E-state index contributed by atoms with van der Waals surface area (Å²) < 4.78 is 0. The van der Waals surface area contributed by atoms with Gasteiger partial charge in [-0.2, -0.15) is 0 Å². The number of anilines is 2. The molecule has 4 rings (SSSR count). The lowest BCUT2D eigenvalue weighted by Crippen LogP contribution is -2.53. The third-order valence-corrected chi connectivity index (χ3v) is 5.47. The highest BCUT2D eigenvalue weighted by atomic mass is 16.3. The number of amides is 3. The lowest BCUT2D eigenvalue weighted by molar-refractivity contribution is -0.121. The summed E-state index contributed by atoms with van der Waals surface area (Å²) in [5, 5.41) is 13.4. The summed E-state index contributed by atoms with van der Waals surface area (Å²) in [7, 11) is 0. The van der Waals surface area contributed by atoms with Gasteiger partial charge in [-0.05, 0) is 23.6 Å². The van der Waals surface area contributed by atoms with E-state index in [-0.39, 0.29) is 31.8 Å². The number of aromatic nitrogens is 1. The molecule has 0 radical (unpaired) electrons. The zero-order valence-electron chi connectivity index (χ0n) is 17.7. The van der Waals surface area contributed by atoms with Gasteiger partial charge in [0.1, 0.15) is 18.0 Å². The van der Waals surface area contributed by atoms with Crippen molar-refractivity contribution in [2.75, 3.05) is 29.5 Å². The van der Waals surface area contributed by atoms with Gasteiger partial charge in [0, 0.05) is 11.6 Å². The summed E-state index contributed by atoms with van der Waals surface area (Å²) in [5.74, 6) is -1.51. The van der Waals surface area contributed by atoms with E-state index in [9.17, 15) is 24.3 Å². The summed E-state index contributed by atoms with van der Waals surface area (Å²) in [6, 6.07) is 14.6. The zero-order valence-corrected chi connectivity index (χ0v) is 17.7. The highest BCUT2D eigenvalue weighted by molar-refractivity contribution is 6.11. The van der Waals surface area contributed by atoms with Crippen LogP contribution in [0.25, 0.3) is 10.8 Å². The Bertz CT molecular complexity index is 1220. The van der Waals surface area contributed by atoms with Crippen LogP contribution in [0, 0.1) is 0 Å². The number of carbonyl (C=O) groups is 4. The number of benzene rings is 2. The lowest BCUT2D eigenvalue weighted by Gasteiger charge is -2.24. The van der Waals surface area contributed by atoms with Gasteiger partial charge in [-0.25, -0.2) is 0 Å². The second kappa shape index (κ2) is 9.58. The first-order valence-electron chi connectivity index (χ1n) is 10.4. The molecule has 2 N–H and O–H groups in total. The first-order chi connectivity index (χ1) is 16.0. The maximum atomic E-state index is 13.4. The van der Waals surface area contributed by atoms with Gasteiger partial charge in [0.15, 0.2) is 0 Å². The van der Waals surface area contributed by atoms with Crippen LogP contribution < -0.4 is 15.1 Å². The SMILES string of the molecule is O=CCN1C(=O)[C@@H](NC(=O)c2nccc3ccccc23)CN(C(=O)CCO)c2ccccc21. The van der Waals surface area contributed by atoms with E-state index in [0.717, 1.165) is 5.39 Å². The van der Waals surface area contributed by atoms with E-state index >= 15 is 0 Å². The average Bonchev–Trinajstić information content (AvgIpc) is 2.94. The molecule has 0 fully saturated rings. The van der Waals surface area contributed by atoms with Crippen LogP contribution in [0.5, 0.6) is 0 Å². The van der Waals surface area contributed by atoms with Crippen molar-refractivity contribution in [3.8, 4) is 0 Å². The molecule has 2 aromatic carbocycles. The smallest absolute Gasteiger partial charge is 0.271 e. The van der Waals surface area contributed by atoms with Crippen molar-refractivity contribution in [3.05, 3.63) is 66.5 Å². The minimum atomic E-state index is -1.13. The molecular weight excluding hydrogens is 424 g/mol. The van der Waals surface area contributed by atoms with Crippen molar-refractivity contribution in [1.29, 1.82) is 0 Å². The van der Waals surface area contributed by atoms with Crippen molar-refractivity contribution in [2.45, 2.75) is 12.5 Å². The number of carbonyl (C=O) groups excluding carboxylic acids is 4. The quantitative estimate of drug-likeness (QED) is 0.551. The third kappa shape index (κ3) is 4.31. The molecule has 168 valence electrons. The molecule has 0 bridgehead atoms. The van der Waals surface area contributed by atoms with Gasteiger partial charge < -0.3 is 25.0 Å². The number of hydrogen-bond donors (Lipinski definition) is 2. The lowest BCUT2D eigenvalue weighted by atomic mass is 10.1. The zero-order chi connectivity index (χ0) is 23.4. The maximum Gasteiger partial charge on any atom is 0.271 e. The Morgan fingerprint density at radius 3 is 2.58 bits per heavy atom. The number of aliphatic hydroxyl groups excluding tert-OH is 1. The summed E-state index contributed by atoms with van der Waals surface area (Å²) >= 11 is 0. The van der Waals surface area contributed by atoms with Gasteiger partial charge in [0.25, 0.3) is 11.8 Å². The normalized spacial score (nSPS) is 15.7. The van der Waals surface area contributed by atoms with E-state index in [1.165, 1.54) is 16.0 Å². The number of nitrogens with one attached hydrogen (secondary N) is 1. The first-order valence-corrected chi connectivity index (χ1v) is 10.4. The molecule has 1 atom stereocenters. The van der Waals surface area contributed by atoms with Crippen LogP contribution in [0.4, 0.5) is 11.4 Å². The predicted octanol–water partition coefficient (Wildman–Crippen LogP) is 1.29. The number of rotatable bonds is 6. The van der Waals surface area contributed by atoms with Crippen molar-refractivity contribution in [1.82, 2.24) is 10.3 Å². The van der Waals surface area contributed by atoms with E-state index in [1.807, 2.05) is 12.1 Å². The summed E-state index contributed by atoms with van der Waals surface area (Å²) in [6.07, 6.45) is 1.95. The minimum absolute atomic E-state index is 0.151. The van der Waals surface area contributed by atoms with Crippen molar-refractivity contribution >= 4 is 46.2 Å². The number of aliphatic hydroxyl groups is 1. The summed E-state index contributed by atoms with van der Waals surface area (Å²) in [5.41, 5.74) is 0.949. The predicted molar refractivity (Wildman–Crippen MR) is 122 cm³/mol. The fraction of sp³-hybridized carbons (Fsp3) is 0.208. The molecule has 1 aliphatic heterocycles. The van der Waals surface area contributed by atoms with Gasteiger partial charge in [0.2, 0.25) is 5.91 Å². The highest BCUT2D eigenvalue weighted by Crippen LogP contribution is 2.33. The van der Waals surface area contributed by atoms with Crippen molar-refractivity contribution in [3.63, 3.8) is 0 Å². The molecule has 0 spiro atoms. The standard InChI is InChI=1S/C24H22N4O5/c29-13-10-21(31)28-15-18(24(33)27(12-14-30)19-7-3-4-8-20(19)28)26-23(32)22-17-6-2-1-5-16(17)9-11-25-22/h1-9,11,14,18,29H,10,12-13,15H2,(H,26,32)/t18-/m0/s1. The first kappa shape index (κ1) is 22.1. The summed E-state index contributed by atoms with van der Waals surface area (Å²) in [6.45, 7) is -0.752. The molecule has 2 heterocycles. The number of hydrogen-bond acceptors (Lipinski definition) is 6. The van der Waals surface area contributed by atoms with E-state index in [1.54, 1.807) is 42.5 Å². The van der Waals surface area contributed by atoms with E-state index in [2.05, 4.69) is 10.3 Å². The Hall–Kier alpha value is -4.11. The monoisotopic (exact) mass is 446 g/mol. The molecule has 1 aromatic heterocycles. The van der Waals surface area contributed by atoms with Crippen LogP contribution in [0.2, 0.25) is 0 Å². The number of nitrogens with zero attached hydrogens (tertiary/aromatic N) is 3. The Balaban J connectivity index is 1.73. The maximum absolute atomic E-state index is 13.4. The Morgan fingerprint density at radius 1 is 1.09 bits per heavy atom. The fourth-order valence-corrected chi connectivity index (χ4v) is 3.95. The molecule has 9 nitrogen and oxygen atoms in total. The summed E-state index contributed by atoms with van der Waals surface area (Å²) in [4.78, 5) is 57.5. The van der Waals surface area contributed by atoms with Crippen LogP contribution in [0.1, 0.15) is 16.9 Å². The van der Waals surface area contributed by atoms with Gasteiger partial charge >= 0.3 is 0 Å². The molecule has 0 aliphatic carbocycles. The molecular formula is C24H22N4O5. The van der Waals surface area contributed by atoms with E-state index < -0.39 is 23.8 Å². The van der Waals surface area contributed by atoms with Gasteiger partial charge in [0.05, 0.1) is 37.5 Å². The van der Waals surface area contributed by atoms with Crippen LogP contribution in [-0.2, 0) is 14.4 Å². The van der Waals surface area contributed by atoms with Gasteiger partial charge in [-0.3, -0.25) is 19.4 Å². The number of aldehydes is 1. The second-order valence-electron chi connectivity index (χ2n) is 7.49. The Morgan fingerprint density at radius 2 is 1.82 bits per heavy atom. The molecule has 3 amide bonds. The third-order valence-electron chi connectivity index (χ3n) is 5.47. The van der Waals surface area contributed by atoms with Crippen LogP contribution >= 0.6 is 0 Å². The largest absolute Gasteiger partial charge is 0.396 e. The average molecular weight is 446 g/mol. The highest BCUT2D eigenvalue weighted by Gasteiger charge is 2.36. The van der Waals surface area contributed by atoms with Crippen LogP contribution in [0.3, 0.4) is 0 Å². The second-order valence-corrected chi connectivity index (χ2v) is 7.49. The molecule has 33 heavy (non-hydrogen) atoms. The molecule has 0 unspecified atom stereocenters. The van der Waals surface area contributed by atoms with Gasteiger partial charge in [-0.15, -0.1) is 0 Å². The molecule has 1 aliphatic rings. The number of fused-ring (bicyclic) bond motifs is 2. The molecule has 3 aromatic rings. The topological polar surface area (TPSA) is 120 Å². The number of para-hydroxylation sites is 2. The molecule has 0 saturated carbocycles. The van der Waals surface area contributed by atoms with E-state index in [0.29, 0.717) is 23.0 Å².